The third-order valence-corrected chi connectivity index (χ3v) is 5.27. The highest BCUT2D eigenvalue weighted by Crippen LogP contribution is 2.27. The fourth-order valence-electron chi connectivity index (χ4n) is 2.90. The SMILES string of the molecule is CCNc1cc(C)ccc1C(=O)NC1CCC(SC)CC1. The molecular formula is C17H26N2OS. The molecule has 0 aliphatic heterocycles. The molecule has 4 heteroatoms. The Bertz CT molecular complexity index is 482. The molecule has 0 unspecified atom stereocenters. The van der Waals surface area contributed by atoms with Crippen molar-refractivity contribution < 1.29 is 4.79 Å². The zero-order chi connectivity index (χ0) is 15.2. The first-order chi connectivity index (χ1) is 10.1. The smallest absolute Gasteiger partial charge is 0.253 e. The molecule has 0 bridgehead atoms. The van der Waals surface area contributed by atoms with Gasteiger partial charge < -0.3 is 10.6 Å². The van der Waals surface area contributed by atoms with Gasteiger partial charge in [-0.05, 0) is 63.5 Å². The summed E-state index contributed by atoms with van der Waals surface area (Å²) in [6.07, 6.45) is 6.79. The lowest BCUT2D eigenvalue weighted by molar-refractivity contribution is 0.0929. The van der Waals surface area contributed by atoms with Crippen molar-refractivity contribution in [2.45, 2.75) is 50.8 Å². The molecule has 0 atom stereocenters. The average molecular weight is 306 g/mol. The predicted octanol–water partition coefficient (Wildman–Crippen LogP) is 3.83. The molecule has 0 spiro atoms. The van der Waals surface area contributed by atoms with E-state index in [0.29, 0.717) is 6.04 Å². The van der Waals surface area contributed by atoms with E-state index in [1.807, 2.05) is 43.8 Å². The van der Waals surface area contributed by atoms with E-state index in [-0.39, 0.29) is 5.91 Å². The number of thioether (sulfide) groups is 1. The number of aryl methyl sites for hydroxylation is 1. The van der Waals surface area contributed by atoms with Crippen LogP contribution in [-0.2, 0) is 0 Å². The van der Waals surface area contributed by atoms with Gasteiger partial charge in [0, 0.05) is 23.5 Å². The zero-order valence-electron chi connectivity index (χ0n) is 13.2. The minimum atomic E-state index is 0.0542. The predicted molar refractivity (Wildman–Crippen MR) is 92.4 cm³/mol. The van der Waals surface area contributed by atoms with Crippen molar-refractivity contribution in [3.8, 4) is 0 Å². The Hall–Kier alpha value is -1.16. The van der Waals surface area contributed by atoms with Crippen molar-refractivity contribution >= 4 is 23.4 Å². The highest BCUT2D eigenvalue weighted by Gasteiger charge is 2.22. The molecule has 1 saturated carbocycles. The van der Waals surface area contributed by atoms with Crippen LogP contribution in [0.3, 0.4) is 0 Å². The monoisotopic (exact) mass is 306 g/mol. The van der Waals surface area contributed by atoms with Gasteiger partial charge in [0.05, 0.1) is 5.56 Å². The fourth-order valence-corrected chi connectivity index (χ4v) is 3.64. The lowest BCUT2D eigenvalue weighted by Crippen LogP contribution is -2.38. The van der Waals surface area contributed by atoms with Crippen molar-refractivity contribution in [2.24, 2.45) is 0 Å². The second kappa shape index (κ2) is 7.74. The summed E-state index contributed by atoms with van der Waals surface area (Å²) in [5.41, 5.74) is 2.87. The van der Waals surface area contributed by atoms with Crippen LogP contribution in [0.5, 0.6) is 0 Å². The summed E-state index contributed by atoms with van der Waals surface area (Å²) in [7, 11) is 0. The highest BCUT2D eigenvalue weighted by molar-refractivity contribution is 7.99. The minimum absolute atomic E-state index is 0.0542. The van der Waals surface area contributed by atoms with Gasteiger partial charge >= 0.3 is 0 Å². The number of hydrogen-bond acceptors (Lipinski definition) is 3. The van der Waals surface area contributed by atoms with Gasteiger partial charge in [0.15, 0.2) is 0 Å². The molecule has 1 aliphatic carbocycles. The average Bonchev–Trinajstić information content (AvgIpc) is 2.48. The van der Waals surface area contributed by atoms with Crippen molar-refractivity contribution in [1.29, 1.82) is 0 Å². The Balaban J connectivity index is 2.00. The molecule has 0 saturated heterocycles. The van der Waals surface area contributed by atoms with E-state index in [0.717, 1.165) is 35.9 Å². The third-order valence-electron chi connectivity index (χ3n) is 4.13. The number of carbonyl (C=O) groups is 1. The van der Waals surface area contributed by atoms with E-state index in [2.05, 4.69) is 16.9 Å². The summed E-state index contributed by atoms with van der Waals surface area (Å²) < 4.78 is 0. The molecule has 0 heterocycles. The van der Waals surface area contributed by atoms with Gasteiger partial charge in [-0.15, -0.1) is 0 Å². The van der Waals surface area contributed by atoms with Crippen molar-refractivity contribution in [3.63, 3.8) is 0 Å². The van der Waals surface area contributed by atoms with Crippen molar-refractivity contribution in [2.75, 3.05) is 18.1 Å². The Morgan fingerprint density at radius 3 is 2.62 bits per heavy atom. The molecule has 1 amide bonds. The molecule has 1 aromatic rings. The van der Waals surface area contributed by atoms with E-state index in [4.69, 9.17) is 0 Å². The number of rotatable bonds is 5. The van der Waals surface area contributed by atoms with Crippen LogP contribution in [0.2, 0.25) is 0 Å². The van der Waals surface area contributed by atoms with Crippen LogP contribution in [0.15, 0.2) is 18.2 Å². The number of hydrogen-bond donors (Lipinski definition) is 2. The normalized spacial score (nSPS) is 21.9. The third kappa shape index (κ3) is 4.40. The Morgan fingerprint density at radius 1 is 1.29 bits per heavy atom. The van der Waals surface area contributed by atoms with E-state index in [1.165, 1.54) is 18.4 Å². The van der Waals surface area contributed by atoms with Gasteiger partial charge in [0.25, 0.3) is 5.91 Å². The van der Waals surface area contributed by atoms with Crippen LogP contribution in [0.25, 0.3) is 0 Å². The van der Waals surface area contributed by atoms with Gasteiger partial charge in [0.2, 0.25) is 0 Å². The molecular weight excluding hydrogens is 280 g/mol. The van der Waals surface area contributed by atoms with Gasteiger partial charge in [-0.1, -0.05) is 6.07 Å². The van der Waals surface area contributed by atoms with Gasteiger partial charge in [0.1, 0.15) is 0 Å². The number of benzene rings is 1. The van der Waals surface area contributed by atoms with Gasteiger partial charge in [-0.2, -0.15) is 11.8 Å². The van der Waals surface area contributed by atoms with E-state index in [9.17, 15) is 4.79 Å². The van der Waals surface area contributed by atoms with Crippen molar-refractivity contribution in [1.82, 2.24) is 5.32 Å². The number of amides is 1. The standard InChI is InChI=1S/C17H26N2OS/c1-4-18-16-11-12(2)5-10-15(16)17(20)19-13-6-8-14(21-3)9-7-13/h5,10-11,13-14,18H,4,6-9H2,1-3H3,(H,19,20). The summed E-state index contributed by atoms with van der Waals surface area (Å²) in [6.45, 7) is 4.92. The van der Waals surface area contributed by atoms with Gasteiger partial charge in [-0.25, -0.2) is 0 Å². The minimum Gasteiger partial charge on any atom is -0.385 e. The molecule has 0 aromatic heterocycles. The summed E-state index contributed by atoms with van der Waals surface area (Å²) in [6, 6.07) is 6.30. The van der Waals surface area contributed by atoms with Crippen LogP contribution in [0.4, 0.5) is 5.69 Å². The molecule has 116 valence electrons. The van der Waals surface area contributed by atoms with Gasteiger partial charge in [-0.3, -0.25) is 4.79 Å². The summed E-state index contributed by atoms with van der Waals surface area (Å²) in [5, 5.41) is 7.27. The molecule has 21 heavy (non-hydrogen) atoms. The van der Waals surface area contributed by atoms with E-state index in [1.54, 1.807) is 0 Å². The lowest BCUT2D eigenvalue weighted by Gasteiger charge is -2.28. The van der Waals surface area contributed by atoms with Crippen LogP contribution >= 0.6 is 11.8 Å². The molecule has 1 aliphatic rings. The highest BCUT2D eigenvalue weighted by atomic mass is 32.2. The molecule has 1 aromatic carbocycles. The molecule has 2 N–H and O–H groups in total. The topological polar surface area (TPSA) is 41.1 Å². The second-order valence-corrected chi connectivity index (χ2v) is 6.90. The van der Waals surface area contributed by atoms with Crippen LogP contribution in [0.1, 0.15) is 48.5 Å². The Labute approximate surface area is 132 Å². The quantitative estimate of drug-likeness (QED) is 0.868. The second-order valence-electron chi connectivity index (χ2n) is 5.76. The van der Waals surface area contributed by atoms with Crippen molar-refractivity contribution in [3.05, 3.63) is 29.3 Å². The Kier molecular flexibility index (Phi) is 5.97. The maximum Gasteiger partial charge on any atom is 0.253 e. The first-order valence-corrected chi connectivity index (χ1v) is 9.11. The zero-order valence-corrected chi connectivity index (χ0v) is 14.1. The molecule has 3 nitrogen and oxygen atoms in total. The van der Waals surface area contributed by atoms with Crippen LogP contribution in [-0.4, -0.2) is 30.0 Å². The van der Waals surface area contributed by atoms with E-state index >= 15 is 0 Å². The first-order valence-electron chi connectivity index (χ1n) is 7.82. The first kappa shape index (κ1) is 16.2. The largest absolute Gasteiger partial charge is 0.385 e. The summed E-state index contributed by atoms with van der Waals surface area (Å²) in [5.74, 6) is 0.0542. The lowest BCUT2D eigenvalue weighted by atomic mass is 9.94. The number of carbonyl (C=O) groups excluding carboxylic acids is 1. The molecule has 2 rings (SSSR count). The number of anilines is 1. The van der Waals surface area contributed by atoms with Crippen LogP contribution < -0.4 is 10.6 Å². The Morgan fingerprint density at radius 2 is 2.00 bits per heavy atom. The maximum absolute atomic E-state index is 12.5. The number of nitrogens with one attached hydrogen (secondary N) is 2. The fraction of sp³-hybridized carbons (Fsp3) is 0.588. The maximum atomic E-state index is 12.5. The summed E-state index contributed by atoms with van der Waals surface area (Å²) >= 11 is 1.95. The van der Waals surface area contributed by atoms with Crippen LogP contribution in [0, 0.1) is 6.92 Å². The molecule has 0 radical (unpaired) electrons. The summed E-state index contributed by atoms with van der Waals surface area (Å²) in [4.78, 5) is 12.5. The van der Waals surface area contributed by atoms with E-state index < -0.39 is 0 Å². The molecule has 1 fully saturated rings.